The van der Waals surface area contributed by atoms with Gasteiger partial charge >= 0.3 is 15.6 Å². The Morgan fingerprint density at radius 3 is 2.38 bits per heavy atom. The normalized spacial score (nSPS) is 12.3. The molecule has 0 atom stereocenters. The number of halogens is 3. The van der Waals surface area contributed by atoms with Crippen LogP contribution in [0, 0.1) is 0 Å². The van der Waals surface area contributed by atoms with Crippen LogP contribution in [0.3, 0.4) is 0 Å². The van der Waals surface area contributed by atoms with Crippen molar-refractivity contribution in [1.82, 2.24) is 4.98 Å². The van der Waals surface area contributed by atoms with Gasteiger partial charge in [-0.15, -0.1) is 0 Å². The first-order chi connectivity index (χ1) is 9.78. The third-order valence-electron chi connectivity index (χ3n) is 2.73. The molecule has 2 aromatic rings. The van der Waals surface area contributed by atoms with Gasteiger partial charge in [0.1, 0.15) is 0 Å². The molecule has 0 fully saturated rings. The molecule has 0 bridgehead atoms. The SMILES string of the molecule is O=S(=O)(Oc1c[nH]c(CCc2ccccc2)c1)C(F)(F)F. The molecule has 0 aliphatic rings. The second-order valence-electron chi connectivity index (χ2n) is 4.33. The Balaban J connectivity index is 1.99. The number of aromatic nitrogens is 1. The van der Waals surface area contributed by atoms with Gasteiger partial charge in [0.15, 0.2) is 5.75 Å². The Morgan fingerprint density at radius 2 is 1.76 bits per heavy atom. The van der Waals surface area contributed by atoms with Crippen molar-refractivity contribution in [3.63, 3.8) is 0 Å². The number of aromatic amines is 1. The van der Waals surface area contributed by atoms with Gasteiger partial charge in [0.2, 0.25) is 0 Å². The molecule has 1 heterocycles. The van der Waals surface area contributed by atoms with Gasteiger partial charge in [-0.1, -0.05) is 30.3 Å². The lowest BCUT2D eigenvalue weighted by Gasteiger charge is -2.07. The van der Waals surface area contributed by atoms with Crippen molar-refractivity contribution >= 4 is 10.1 Å². The van der Waals surface area contributed by atoms with Gasteiger partial charge in [-0.25, -0.2) is 0 Å². The first kappa shape index (κ1) is 15.4. The van der Waals surface area contributed by atoms with Gasteiger partial charge in [0.25, 0.3) is 0 Å². The van der Waals surface area contributed by atoms with Gasteiger partial charge in [-0.05, 0) is 18.4 Å². The van der Waals surface area contributed by atoms with Crippen LogP contribution in [0.2, 0.25) is 0 Å². The quantitative estimate of drug-likeness (QED) is 0.681. The first-order valence-electron chi connectivity index (χ1n) is 6.00. The van der Waals surface area contributed by atoms with E-state index in [0.29, 0.717) is 18.5 Å². The van der Waals surface area contributed by atoms with E-state index in [9.17, 15) is 21.6 Å². The lowest BCUT2D eigenvalue weighted by Crippen LogP contribution is -2.27. The molecule has 4 nitrogen and oxygen atoms in total. The summed E-state index contributed by atoms with van der Waals surface area (Å²) in [4.78, 5) is 2.69. The molecule has 1 aromatic heterocycles. The minimum Gasteiger partial charge on any atom is -0.374 e. The molecule has 0 radical (unpaired) electrons. The van der Waals surface area contributed by atoms with Crippen molar-refractivity contribution in [2.45, 2.75) is 18.3 Å². The number of benzene rings is 1. The Morgan fingerprint density at radius 1 is 1.10 bits per heavy atom. The molecule has 0 aliphatic carbocycles. The summed E-state index contributed by atoms with van der Waals surface area (Å²) in [5.74, 6) is -0.379. The maximum Gasteiger partial charge on any atom is 0.534 e. The van der Waals surface area contributed by atoms with Crippen LogP contribution in [0.25, 0.3) is 0 Å². The minimum atomic E-state index is -5.62. The molecule has 0 aliphatic heterocycles. The average Bonchev–Trinajstić information content (AvgIpc) is 2.83. The Bertz CT molecular complexity index is 693. The summed E-state index contributed by atoms with van der Waals surface area (Å²) in [6.45, 7) is 0. The smallest absolute Gasteiger partial charge is 0.374 e. The average molecular weight is 319 g/mol. The monoisotopic (exact) mass is 319 g/mol. The molecule has 1 N–H and O–H groups in total. The molecular weight excluding hydrogens is 307 g/mol. The van der Waals surface area contributed by atoms with Crippen LogP contribution in [0.5, 0.6) is 5.75 Å². The fourth-order valence-electron chi connectivity index (χ4n) is 1.71. The lowest BCUT2D eigenvalue weighted by molar-refractivity contribution is -0.0500. The molecule has 0 spiro atoms. The van der Waals surface area contributed by atoms with E-state index in [1.54, 1.807) is 0 Å². The van der Waals surface area contributed by atoms with Crippen LogP contribution in [-0.2, 0) is 23.0 Å². The summed E-state index contributed by atoms with van der Waals surface area (Å²) in [6, 6.07) is 10.7. The lowest BCUT2D eigenvalue weighted by atomic mass is 10.1. The molecule has 0 saturated carbocycles. The maximum absolute atomic E-state index is 12.2. The zero-order chi connectivity index (χ0) is 15.5. The number of hydrogen-bond acceptors (Lipinski definition) is 3. The van der Waals surface area contributed by atoms with E-state index in [1.165, 1.54) is 6.07 Å². The van der Waals surface area contributed by atoms with E-state index in [0.717, 1.165) is 11.8 Å². The predicted octanol–water partition coefficient (Wildman–Crippen LogP) is 3.03. The van der Waals surface area contributed by atoms with Crippen LogP contribution in [0.4, 0.5) is 13.2 Å². The fraction of sp³-hybridized carbons (Fsp3) is 0.231. The van der Waals surface area contributed by atoms with Crippen LogP contribution >= 0.6 is 0 Å². The molecule has 2 rings (SSSR count). The Labute approximate surface area is 119 Å². The Hall–Kier alpha value is -1.96. The van der Waals surface area contributed by atoms with Gasteiger partial charge < -0.3 is 9.17 Å². The number of rotatable bonds is 5. The Kier molecular flexibility index (Phi) is 4.26. The van der Waals surface area contributed by atoms with E-state index in [4.69, 9.17) is 0 Å². The van der Waals surface area contributed by atoms with Crippen LogP contribution < -0.4 is 4.18 Å². The fourth-order valence-corrected chi connectivity index (χ4v) is 2.15. The van der Waals surface area contributed by atoms with E-state index in [-0.39, 0.29) is 5.75 Å². The molecule has 0 saturated heterocycles. The van der Waals surface area contributed by atoms with Crippen molar-refractivity contribution in [2.24, 2.45) is 0 Å². The first-order valence-corrected chi connectivity index (χ1v) is 7.41. The van der Waals surface area contributed by atoms with Gasteiger partial charge in [-0.3, -0.25) is 0 Å². The van der Waals surface area contributed by atoms with Crippen molar-refractivity contribution < 1.29 is 25.8 Å². The highest BCUT2D eigenvalue weighted by Gasteiger charge is 2.48. The molecule has 0 unspecified atom stereocenters. The van der Waals surface area contributed by atoms with Gasteiger partial charge in [0.05, 0.1) is 0 Å². The van der Waals surface area contributed by atoms with Crippen LogP contribution in [-0.4, -0.2) is 18.9 Å². The number of hydrogen-bond donors (Lipinski definition) is 1. The third kappa shape index (κ3) is 4.01. The summed E-state index contributed by atoms with van der Waals surface area (Å²) in [7, 11) is -5.62. The van der Waals surface area contributed by atoms with Crippen molar-refractivity contribution in [2.75, 3.05) is 0 Å². The highest BCUT2D eigenvalue weighted by atomic mass is 32.2. The summed E-state index contributed by atoms with van der Waals surface area (Å²) < 4.78 is 62.2. The molecule has 0 amide bonds. The second-order valence-corrected chi connectivity index (χ2v) is 5.87. The standard InChI is InChI=1S/C13H12F3NO3S/c14-13(15,16)21(18,19)20-12-8-11(17-9-12)7-6-10-4-2-1-3-5-10/h1-5,8-9,17H,6-7H2. The van der Waals surface area contributed by atoms with Crippen LogP contribution in [0.15, 0.2) is 42.6 Å². The third-order valence-corrected chi connectivity index (χ3v) is 3.71. The maximum atomic E-state index is 12.2. The molecule has 21 heavy (non-hydrogen) atoms. The summed E-state index contributed by atoms with van der Waals surface area (Å²) in [6.07, 6.45) is 2.29. The van der Waals surface area contributed by atoms with Gasteiger partial charge in [-0.2, -0.15) is 21.6 Å². The van der Waals surface area contributed by atoms with Crippen LogP contribution in [0.1, 0.15) is 11.3 Å². The molecule has 114 valence electrons. The number of H-pyrrole nitrogens is 1. The minimum absolute atomic E-state index is 0.379. The number of nitrogens with one attached hydrogen (secondary N) is 1. The summed E-state index contributed by atoms with van der Waals surface area (Å²) in [5, 5.41) is 0. The van der Waals surface area contributed by atoms with Crippen molar-refractivity contribution in [3.8, 4) is 5.75 Å². The zero-order valence-electron chi connectivity index (χ0n) is 10.7. The molecule has 1 aromatic carbocycles. The number of aryl methyl sites for hydroxylation is 2. The molecule has 8 heteroatoms. The second kappa shape index (κ2) is 5.80. The number of alkyl halides is 3. The molecular formula is C13H12F3NO3S. The highest BCUT2D eigenvalue weighted by molar-refractivity contribution is 7.87. The van der Waals surface area contributed by atoms with Crippen molar-refractivity contribution in [3.05, 3.63) is 53.9 Å². The summed E-state index contributed by atoms with van der Waals surface area (Å²) in [5.41, 5.74) is -3.78. The predicted molar refractivity (Wildman–Crippen MR) is 70.2 cm³/mol. The van der Waals surface area contributed by atoms with E-state index >= 15 is 0 Å². The topological polar surface area (TPSA) is 59.2 Å². The van der Waals surface area contributed by atoms with E-state index in [1.807, 2.05) is 30.3 Å². The summed E-state index contributed by atoms with van der Waals surface area (Å²) >= 11 is 0. The van der Waals surface area contributed by atoms with Crippen molar-refractivity contribution in [1.29, 1.82) is 0 Å². The van der Waals surface area contributed by atoms with E-state index in [2.05, 4.69) is 9.17 Å². The largest absolute Gasteiger partial charge is 0.534 e. The zero-order valence-corrected chi connectivity index (χ0v) is 11.5. The van der Waals surface area contributed by atoms with Gasteiger partial charge in [0, 0.05) is 18.0 Å². The highest BCUT2D eigenvalue weighted by Crippen LogP contribution is 2.27. The van der Waals surface area contributed by atoms with E-state index < -0.39 is 15.6 Å².